The van der Waals surface area contributed by atoms with Gasteiger partial charge >= 0.3 is 0 Å². The molecule has 0 aliphatic heterocycles. The number of unbranched alkanes of at least 4 members (excludes halogenated alkanes) is 3. The molecule has 0 aromatic heterocycles. The van der Waals surface area contributed by atoms with Crippen molar-refractivity contribution >= 4 is 15.9 Å². The molecule has 0 saturated carbocycles. The van der Waals surface area contributed by atoms with E-state index >= 15 is 0 Å². The Kier molecular flexibility index (Phi) is 8.40. The van der Waals surface area contributed by atoms with Crippen molar-refractivity contribution in [3.8, 4) is 0 Å². The van der Waals surface area contributed by atoms with Crippen molar-refractivity contribution in [3.05, 3.63) is 33.8 Å². The van der Waals surface area contributed by atoms with Crippen molar-refractivity contribution in [1.82, 2.24) is 5.32 Å². The molecule has 0 aliphatic carbocycles. The Morgan fingerprint density at radius 1 is 1.11 bits per heavy atom. The molecule has 1 rings (SSSR count). The van der Waals surface area contributed by atoms with E-state index in [9.17, 15) is 0 Å². The zero-order valence-corrected chi connectivity index (χ0v) is 14.2. The standard InChI is InChI=1S/C17H28BrN/c1-4-6-7-8-9-17(19-12-5-2)16-11-10-15(18)13-14(16)3/h10-11,13,17,19H,4-9,12H2,1-3H3. The third kappa shape index (κ3) is 6.09. The molecule has 1 nitrogen and oxygen atoms in total. The van der Waals surface area contributed by atoms with E-state index in [4.69, 9.17) is 0 Å². The molecule has 0 radical (unpaired) electrons. The summed E-state index contributed by atoms with van der Waals surface area (Å²) in [5.74, 6) is 0. The van der Waals surface area contributed by atoms with Gasteiger partial charge in [-0.3, -0.25) is 0 Å². The molecule has 1 atom stereocenters. The van der Waals surface area contributed by atoms with Crippen LogP contribution < -0.4 is 5.32 Å². The summed E-state index contributed by atoms with van der Waals surface area (Å²) >= 11 is 3.55. The second-order valence-electron chi connectivity index (χ2n) is 5.36. The van der Waals surface area contributed by atoms with Crippen molar-refractivity contribution < 1.29 is 0 Å². The molecule has 0 bridgehead atoms. The molecule has 108 valence electrons. The van der Waals surface area contributed by atoms with E-state index in [-0.39, 0.29) is 0 Å². The van der Waals surface area contributed by atoms with Crippen LogP contribution in [0.4, 0.5) is 0 Å². The van der Waals surface area contributed by atoms with Crippen LogP contribution in [0.2, 0.25) is 0 Å². The molecular weight excluding hydrogens is 298 g/mol. The van der Waals surface area contributed by atoms with E-state index in [0.29, 0.717) is 6.04 Å². The van der Waals surface area contributed by atoms with Crippen LogP contribution in [-0.4, -0.2) is 6.54 Å². The van der Waals surface area contributed by atoms with Crippen molar-refractivity contribution in [2.45, 2.75) is 65.3 Å². The van der Waals surface area contributed by atoms with Crippen molar-refractivity contribution in [1.29, 1.82) is 0 Å². The fourth-order valence-corrected chi connectivity index (χ4v) is 2.97. The Balaban J connectivity index is 2.66. The highest BCUT2D eigenvalue weighted by Crippen LogP contribution is 2.25. The van der Waals surface area contributed by atoms with Gasteiger partial charge in [0, 0.05) is 10.5 Å². The number of hydrogen-bond acceptors (Lipinski definition) is 1. The second-order valence-corrected chi connectivity index (χ2v) is 6.27. The first-order valence-electron chi connectivity index (χ1n) is 7.68. The molecular formula is C17H28BrN. The van der Waals surface area contributed by atoms with Crippen molar-refractivity contribution in [2.75, 3.05) is 6.54 Å². The summed E-state index contributed by atoms with van der Waals surface area (Å²) in [6, 6.07) is 7.17. The molecule has 1 N–H and O–H groups in total. The van der Waals surface area contributed by atoms with E-state index in [1.165, 1.54) is 54.1 Å². The Bertz CT molecular complexity index is 362. The number of benzene rings is 1. The lowest BCUT2D eigenvalue weighted by molar-refractivity contribution is 0.469. The van der Waals surface area contributed by atoms with Gasteiger partial charge in [0.1, 0.15) is 0 Å². The van der Waals surface area contributed by atoms with Crippen LogP contribution in [-0.2, 0) is 0 Å². The Hall–Kier alpha value is -0.340. The molecule has 2 heteroatoms. The third-order valence-corrected chi connectivity index (χ3v) is 4.09. The largest absolute Gasteiger partial charge is 0.310 e. The average Bonchev–Trinajstić information content (AvgIpc) is 2.39. The number of halogens is 1. The van der Waals surface area contributed by atoms with Gasteiger partial charge in [0.25, 0.3) is 0 Å². The van der Waals surface area contributed by atoms with E-state index in [2.05, 4.69) is 60.2 Å². The van der Waals surface area contributed by atoms with E-state index in [0.717, 1.165) is 6.54 Å². The molecule has 1 aromatic carbocycles. The summed E-state index contributed by atoms with van der Waals surface area (Å²) in [5, 5.41) is 3.71. The predicted octanol–water partition coefficient (Wildman–Crippen LogP) is 5.77. The van der Waals surface area contributed by atoms with Crippen molar-refractivity contribution in [2.24, 2.45) is 0 Å². The maximum atomic E-state index is 3.71. The van der Waals surface area contributed by atoms with Gasteiger partial charge in [-0.15, -0.1) is 0 Å². The molecule has 19 heavy (non-hydrogen) atoms. The number of nitrogens with one attached hydrogen (secondary N) is 1. The molecule has 1 aromatic rings. The summed E-state index contributed by atoms with van der Waals surface area (Å²) in [4.78, 5) is 0. The third-order valence-electron chi connectivity index (χ3n) is 3.59. The van der Waals surface area contributed by atoms with Crippen LogP contribution in [0.5, 0.6) is 0 Å². The Labute approximate surface area is 127 Å². The highest BCUT2D eigenvalue weighted by Gasteiger charge is 2.12. The topological polar surface area (TPSA) is 12.0 Å². The number of hydrogen-bond donors (Lipinski definition) is 1. The predicted molar refractivity (Wildman–Crippen MR) is 88.7 cm³/mol. The summed E-state index contributed by atoms with van der Waals surface area (Å²) in [7, 11) is 0. The van der Waals surface area contributed by atoms with Crippen LogP contribution in [0, 0.1) is 6.92 Å². The van der Waals surface area contributed by atoms with Gasteiger partial charge in [0.05, 0.1) is 0 Å². The Morgan fingerprint density at radius 2 is 1.89 bits per heavy atom. The van der Waals surface area contributed by atoms with Gasteiger partial charge in [0.2, 0.25) is 0 Å². The summed E-state index contributed by atoms with van der Waals surface area (Å²) in [6.45, 7) is 7.82. The van der Waals surface area contributed by atoms with Crippen LogP contribution >= 0.6 is 15.9 Å². The average molecular weight is 326 g/mol. The first-order chi connectivity index (χ1) is 9.19. The van der Waals surface area contributed by atoms with E-state index < -0.39 is 0 Å². The van der Waals surface area contributed by atoms with Crippen molar-refractivity contribution in [3.63, 3.8) is 0 Å². The second kappa shape index (κ2) is 9.55. The summed E-state index contributed by atoms with van der Waals surface area (Å²) in [5.41, 5.74) is 2.85. The van der Waals surface area contributed by atoms with Crippen LogP contribution in [0.1, 0.15) is 69.5 Å². The summed E-state index contributed by atoms with van der Waals surface area (Å²) in [6.07, 6.45) is 7.80. The van der Waals surface area contributed by atoms with Gasteiger partial charge in [-0.25, -0.2) is 0 Å². The number of rotatable bonds is 9. The fourth-order valence-electron chi connectivity index (χ4n) is 2.49. The zero-order valence-electron chi connectivity index (χ0n) is 12.6. The van der Waals surface area contributed by atoms with Crippen LogP contribution in [0.25, 0.3) is 0 Å². The molecule has 0 fully saturated rings. The van der Waals surface area contributed by atoms with E-state index in [1.54, 1.807) is 0 Å². The minimum atomic E-state index is 0.518. The first-order valence-corrected chi connectivity index (χ1v) is 8.47. The summed E-state index contributed by atoms with van der Waals surface area (Å²) < 4.78 is 1.17. The normalized spacial score (nSPS) is 12.6. The van der Waals surface area contributed by atoms with E-state index in [1.807, 2.05) is 0 Å². The van der Waals surface area contributed by atoms with Gasteiger partial charge < -0.3 is 5.32 Å². The highest BCUT2D eigenvalue weighted by atomic mass is 79.9. The zero-order chi connectivity index (χ0) is 14.1. The smallest absolute Gasteiger partial charge is 0.0322 e. The lowest BCUT2D eigenvalue weighted by Crippen LogP contribution is -2.22. The molecule has 0 aliphatic rings. The lowest BCUT2D eigenvalue weighted by atomic mass is 9.96. The highest BCUT2D eigenvalue weighted by molar-refractivity contribution is 9.10. The van der Waals surface area contributed by atoms with Crippen LogP contribution in [0.3, 0.4) is 0 Å². The number of aryl methyl sites for hydroxylation is 1. The Morgan fingerprint density at radius 3 is 2.53 bits per heavy atom. The monoisotopic (exact) mass is 325 g/mol. The fraction of sp³-hybridized carbons (Fsp3) is 0.647. The minimum Gasteiger partial charge on any atom is -0.310 e. The quantitative estimate of drug-likeness (QED) is 0.568. The molecule has 0 spiro atoms. The molecule has 1 unspecified atom stereocenters. The molecule has 0 amide bonds. The van der Waals surface area contributed by atoms with Crippen LogP contribution in [0.15, 0.2) is 22.7 Å². The van der Waals surface area contributed by atoms with Gasteiger partial charge in [0.15, 0.2) is 0 Å². The maximum Gasteiger partial charge on any atom is 0.0322 e. The SMILES string of the molecule is CCCCCCC(NCCC)c1ccc(Br)cc1C. The molecule has 0 heterocycles. The first kappa shape index (κ1) is 16.7. The van der Waals surface area contributed by atoms with Gasteiger partial charge in [-0.05, 0) is 49.6 Å². The minimum absolute atomic E-state index is 0.518. The van der Waals surface area contributed by atoms with Gasteiger partial charge in [-0.1, -0.05) is 61.5 Å². The van der Waals surface area contributed by atoms with Gasteiger partial charge in [-0.2, -0.15) is 0 Å². The maximum absolute atomic E-state index is 3.71. The molecule has 0 saturated heterocycles. The lowest BCUT2D eigenvalue weighted by Gasteiger charge is -2.21.